The molecule has 1 aliphatic heterocycles. The normalized spacial score (nSPS) is 16.4. The summed E-state index contributed by atoms with van der Waals surface area (Å²) in [6.07, 6.45) is 0.198. The van der Waals surface area contributed by atoms with Gasteiger partial charge in [0, 0.05) is 32.2 Å². The zero-order valence-corrected chi connectivity index (χ0v) is 15.8. The van der Waals surface area contributed by atoms with Crippen molar-refractivity contribution in [3.05, 3.63) is 35.9 Å². The quantitative estimate of drug-likeness (QED) is 0.425. The van der Waals surface area contributed by atoms with Crippen LogP contribution in [0.15, 0.2) is 30.3 Å². The lowest BCUT2D eigenvalue weighted by atomic mass is 9.84. The molecular weight excluding hydrogens is 330 g/mol. The number of nitrogens with zero attached hydrogens (tertiary/aromatic N) is 1. The van der Waals surface area contributed by atoms with E-state index in [1.165, 1.54) is 7.11 Å². The van der Waals surface area contributed by atoms with Crippen molar-refractivity contribution in [1.82, 2.24) is 4.90 Å². The second-order valence-electron chi connectivity index (χ2n) is 6.81. The summed E-state index contributed by atoms with van der Waals surface area (Å²) in [5.41, 5.74) is -0.506. The number of ketones is 2. The average molecular weight is 357 g/mol. The van der Waals surface area contributed by atoms with Crippen molar-refractivity contribution in [3.63, 3.8) is 0 Å². The Morgan fingerprint density at radius 3 is 2.46 bits per heavy atom. The second-order valence-corrected chi connectivity index (χ2v) is 6.81. The molecule has 0 bridgehead atoms. The average Bonchev–Trinajstić information content (AvgIpc) is 2.68. The van der Waals surface area contributed by atoms with Gasteiger partial charge < -0.3 is 9.47 Å². The highest BCUT2D eigenvalue weighted by Gasteiger charge is 2.37. The van der Waals surface area contributed by atoms with Crippen molar-refractivity contribution < 1.29 is 19.1 Å². The molecule has 1 atom stereocenters. The Hall–Kier alpha value is -2.00. The highest BCUT2D eigenvalue weighted by Crippen LogP contribution is 2.22. The van der Waals surface area contributed by atoms with Gasteiger partial charge in [-0.05, 0) is 13.8 Å². The summed E-state index contributed by atoms with van der Waals surface area (Å²) in [5, 5.41) is 0. The number of morpholine rings is 1. The Kier molecular flexibility index (Phi) is 7.52. The minimum absolute atomic E-state index is 0.198. The summed E-state index contributed by atoms with van der Waals surface area (Å²) < 4.78 is 10.6. The van der Waals surface area contributed by atoms with E-state index in [-0.39, 0.29) is 18.0 Å². The van der Waals surface area contributed by atoms with Crippen LogP contribution >= 0.6 is 0 Å². The number of carbonyl (C=O) groups excluding carboxylic acids is 2. The van der Waals surface area contributed by atoms with Crippen LogP contribution in [-0.4, -0.2) is 62.0 Å². The van der Waals surface area contributed by atoms with Gasteiger partial charge in [-0.2, -0.15) is 0 Å². The topological polar surface area (TPSA) is 55.8 Å². The zero-order valence-electron chi connectivity index (χ0n) is 15.8. The highest BCUT2D eigenvalue weighted by atomic mass is 16.5. The number of carbonyl (C=O) groups is 2. The summed E-state index contributed by atoms with van der Waals surface area (Å²) in [7, 11) is 1.48. The maximum Gasteiger partial charge on any atom is 0.175 e. The fraction of sp³-hybridized carbons (Fsp3) is 0.524. The fourth-order valence-electron chi connectivity index (χ4n) is 2.73. The zero-order chi connectivity index (χ0) is 19.0. The van der Waals surface area contributed by atoms with E-state index in [1.807, 2.05) is 6.07 Å². The number of methoxy groups -OCH3 is 1. The first kappa shape index (κ1) is 20.3. The molecule has 1 fully saturated rings. The van der Waals surface area contributed by atoms with Gasteiger partial charge in [0.15, 0.2) is 11.6 Å². The first-order chi connectivity index (χ1) is 12.5. The van der Waals surface area contributed by atoms with Crippen LogP contribution < -0.4 is 0 Å². The van der Waals surface area contributed by atoms with Crippen LogP contribution in [0.2, 0.25) is 0 Å². The van der Waals surface area contributed by atoms with E-state index in [2.05, 4.69) is 16.7 Å². The Bertz CT molecular complexity index is 666. The molecule has 0 radical (unpaired) electrons. The molecular formula is C21H27NO4. The van der Waals surface area contributed by atoms with Gasteiger partial charge in [-0.25, -0.2) is 0 Å². The van der Waals surface area contributed by atoms with Crippen LogP contribution in [0.1, 0.15) is 30.6 Å². The molecule has 0 amide bonds. The van der Waals surface area contributed by atoms with Crippen LogP contribution in [0.5, 0.6) is 0 Å². The molecule has 1 aromatic rings. The van der Waals surface area contributed by atoms with Gasteiger partial charge in [-0.3, -0.25) is 14.5 Å². The van der Waals surface area contributed by atoms with Crippen molar-refractivity contribution in [3.8, 4) is 11.8 Å². The third-order valence-corrected chi connectivity index (χ3v) is 4.63. The minimum Gasteiger partial charge on any atom is -0.379 e. The summed E-state index contributed by atoms with van der Waals surface area (Å²) in [4.78, 5) is 27.9. The first-order valence-electron chi connectivity index (χ1n) is 8.90. The maximum absolute atomic E-state index is 12.9. The standard InChI is InChI=1S/C21H27NO4/c1-21(2,25-3)20(24)18(19(23)17-9-5-4-6-10-17)11-7-8-12-22-13-15-26-16-14-22/h4-6,9-10,18H,11-16H2,1-3H3/t18-/m1/s1. The van der Waals surface area contributed by atoms with Gasteiger partial charge in [0.25, 0.3) is 0 Å². The molecule has 0 saturated carbocycles. The molecule has 5 nitrogen and oxygen atoms in total. The monoisotopic (exact) mass is 357 g/mol. The number of rotatable bonds is 7. The van der Waals surface area contributed by atoms with Crippen LogP contribution in [-0.2, 0) is 14.3 Å². The number of benzene rings is 1. The summed E-state index contributed by atoms with van der Waals surface area (Å²) >= 11 is 0. The van der Waals surface area contributed by atoms with Crippen molar-refractivity contribution in [2.45, 2.75) is 25.9 Å². The number of hydrogen-bond acceptors (Lipinski definition) is 5. The van der Waals surface area contributed by atoms with Gasteiger partial charge in [-0.1, -0.05) is 36.3 Å². The number of Topliss-reactive ketones (excluding diaryl/α,β-unsaturated/α-hetero) is 2. The van der Waals surface area contributed by atoms with Gasteiger partial charge in [0.2, 0.25) is 0 Å². The van der Waals surface area contributed by atoms with E-state index in [1.54, 1.807) is 38.1 Å². The molecule has 0 aromatic heterocycles. The summed E-state index contributed by atoms with van der Waals surface area (Å²) in [6.45, 7) is 7.14. The fourth-order valence-corrected chi connectivity index (χ4v) is 2.73. The van der Waals surface area contributed by atoms with Crippen LogP contribution in [0, 0.1) is 17.8 Å². The predicted octanol–water partition coefficient (Wildman–Crippen LogP) is 2.21. The van der Waals surface area contributed by atoms with Crippen molar-refractivity contribution in [1.29, 1.82) is 0 Å². The van der Waals surface area contributed by atoms with Crippen LogP contribution in [0.4, 0.5) is 0 Å². The van der Waals surface area contributed by atoms with Gasteiger partial charge >= 0.3 is 0 Å². The first-order valence-corrected chi connectivity index (χ1v) is 8.90. The van der Waals surface area contributed by atoms with Gasteiger partial charge in [0.05, 0.1) is 25.7 Å². The van der Waals surface area contributed by atoms with E-state index < -0.39 is 11.5 Å². The van der Waals surface area contributed by atoms with E-state index in [0.717, 1.165) is 26.3 Å². The minimum atomic E-state index is -1.03. The molecule has 26 heavy (non-hydrogen) atoms. The molecule has 0 aliphatic carbocycles. The lowest BCUT2D eigenvalue weighted by Crippen LogP contribution is -2.41. The molecule has 2 rings (SSSR count). The number of ether oxygens (including phenoxy) is 2. The summed E-state index contributed by atoms with van der Waals surface area (Å²) in [6, 6.07) is 8.88. The lowest BCUT2D eigenvalue weighted by molar-refractivity contribution is -0.139. The van der Waals surface area contributed by atoms with Crippen molar-refractivity contribution >= 4 is 11.6 Å². The molecule has 5 heteroatoms. The van der Waals surface area contributed by atoms with E-state index >= 15 is 0 Å². The molecule has 1 aromatic carbocycles. The van der Waals surface area contributed by atoms with E-state index in [4.69, 9.17) is 9.47 Å². The molecule has 1 aliphatic rings. The van der Waals surface area contributed by atoms with Crippen molar-refractivity contribution in [2.24, 2.45) is 5.92 Å². The molecule has 0 N–H and O–H groups in total. The third-order valence-electron chi connectivity index (χ3n) is 4.63. The Labute approximate surface area is 155 Å². The molecule has 140 valence electrons. The molecule has 0 unspecified atom stereocenters. The van der Waals surface area contributed by atoms with Crippen LogP contribution in [0.25, 0.3) is 0 Å². The van der Waals surface area contributed by atoms with Gasteiger partial charge in [0.1, 0.15) is 5.60 Å². The molecule has 0 spiro atoms. The maximum atomic E-state index is 12.9. The SMILES string of the molecule is COC(C)(C)C(=O)[C@H](CC#CCN1CCOCC1)C(=O)c1ccccc1. The second kappa shape index (κ2) is 9.63. The smallest absolute Gasteiger partial charge is 0.175 e. The molecule has 1 saturated heterocycles. The van der Waals surface area contributed by atoms with Crippen molar-refractivity contribution in [2.75, 3.05) is 40.0 Å². The number of hydrogen-bond donors (Lipinski definition) is 0. The Balaban J connectivity index is 2.10. The van der Waals surface area contributed by atoms with E-state index in [0.29, 0.717) is 12.1 Å². The predicted molar refractivity (Wildman–Crippen MR) is 100 cm³/mol. The van der Waals surface area contributed by atoms with Gasteiger partial charge in [-0.15, -0.1) is 5.92 Å². The lowest BCUT2D eigenvalue weighted by Gasteiger charge is -2.25. The highest BCUT2D eigenvalue weighted by molar-refractivity contribution is 6.13. The third kappa shape index (κ3) is 5.50. The Morgan fingerprint density at radius 2 is 1.85 bits per heavy atom. The van der Waals surface area contributed by atoms with E-state index in [9.17, 15) is 9.59 Å². The largest absolute Gasteiger partial charge is 0.379 e. The van der Waals surface area contributed by atoms with Crippen LogP contribution in [0.3, 0.4) is 0 Å². The molecule has 1 heterocycles. The Morgan fingerprint density at radius 1 is 1.19 bits per heavy atom. The summed E-state index contributed by atoms with van der Waals surface area (Å²) in [5.74, 6) is 4.84.